The van der Waals surface area contributed by atoms with Gasteiger partial charge in [-0.1, -0.05) is 42.7 Å². The predicted molar refractivity (Wildman–Crippen MR) is 127 cm³/mol. The third-order valence-electron chi connectivity index (χ3n) is 7.32. The van der Waals surface area contributed by atoms with Gasteiger partial charge in [-0.15, -0.1) is 0 Å². The van der Waals surface area contributed by atoms with Crippen LogP contribution < -0.4 is 0 Å². The highest BCUT2D eigenvalue weighted by Gasteiger charge is 2.58. The van der Waals surface area contributed by atoms with Crippen LogP contribution in [0.2, 0.25) is 5.02 Å². The number of fused-ring (bicyclic) bond motifs is 3. The minimum Gasteiger partial charge on any atom is -0.508 e. The average Bonchev–Trinajstić information content (AvgIpc) is 3.35. The Bertz CT molecular complexity index is 1080. The summed E-state index contributed by atoms with van der Waals surface area (Å²) in [5.74, 6) is -2.09. The Balaban J connectivity index is 1.54. The van der Waals surface area contributed by atoms with Crippen LogP contribution in [0, 0.1) is 17.8 Å². The number of benzene rings is 1. The van der Waals surface area contributed by atoms with Crippen molar-refractivity contribution in [1.29, 1.82) is 0 Å². The van der Waals surface area contributed by atoms with Crippen molar-refractivity contribution in [2.75, 3.05) is 13.7 Å². The number of amides is 3. The summed E-state index contributed by atoms with van der Waals surface area (Å²) in [6.45, 7) is 4.51. The van der Waals surface area contributed by atoms with Gasteiger partial charge in [0.1, 0.15) is 5.75 Å². The minimum absolute atomic E-state index is 0.124. The van der Waals surface area contributed by atoms with Crippen molar-refractivity contribution in [3.8, 4) is 5.75 Å². The summed E-state index contributed by atoms with van der Waals surface area (Å²) < 4.78 is 10.9. The Morgan fingerprint density at radius 2 is 2.03 bits per heavy atom. The van der Waals surface area contributed by atoms with E-state index >= 15 is 0 Å². The molecule has 4 rings (SSSR count). The smallest absolute Gasteiger partial charge is 0.423 e. The number of phenols is 1. The summed E-state index contributed by atoms with van der Waals surface area (Å²) in [7, 11) is 1.17. The van der Waals surface area contributed by atoms with Crippen LogP contribution in [-0.2, 0) is 19.1 Å². The number of phenolic OH excluding ortho intramolecular Hbond substituents is 1. The molecule has 1 aliphatic carbocycles. The molecular formula is C26H30ClNO6. The van der Waals surface area contributed by atoms with Crippen LogP contribution in [0.25, 0.3) is 6.08 Å². The molecule has 0 aromatic heterocycles. The monoisotopic (exact) mass is 487 g/mol. The normalized spacial score (nSPS) is 26.7. The van der Waals surface area contributed by atoms with Crippen molar-refractivity contribution in [3.63, 3.8) is 0 Å². The minimum atomic E-state index is -0.912. The summed E-state index contributed by atoms with van der Waals surface area (Å²) >= 11 is 6.28. The fraction of sp³-hybridized carbons (Fsp3) is 0.500. The van der Waals surface area contributed by atoms with Gasteiger partial charge >= 0.3 is 6.09 Å². The number of hydrogen-bond donors (Lipinski definition) is 1. The Labute approximate surface area is 204 Å². The number of aromatic hydroxyl groups is 1. The third-order valence-corrected chi connectivity index (χ3v) is 7.64. The molecule has 3 aliphatic rings. The van der Waals surface area contributed by atoms with Gasteiger partial charge in [-0.2, -0.15) is 4.90 Å². The standard InChI is InChI=1S/C26H30ClNO6/c1-4-14(10-16-7-8-17(29)12-20(16)27)6-9-21-22-15(5-2)11-18-23(19(22)13-34-21)25(31)28(24(18)30)26(32)33-3/h7-8,10,12,18-19,21,23,29H,4-6,9,11,13H2,1-3H3/b14-10+/t18-,19+,21-,23-/m1/s1. The number of halogens is 1. The highest BCUT2D eigenvalue weighted by molar-refractivity contribution is 6.32. The van der Waals surface area contributed by atoms with E-state index in [1.165, 1.54) is 18.7 Å². The number of ether oxygens (including phenoxy) is 2. The first-order chi connectivity index (χ1) is 16.3. The zero-order chi connectivity index (χ0) is 24.6. The van der Waals surface area contributed by atoms with Crippen molar-refractivity contribution in [2.24, 2.45) is 17.8 Å². The van der Waals surface area contributed by atoms with Gasteiger partial charge in [0.2, 0.25) is 11.8 Å². The summed E-state index contributed by atoms with van der Waals surface area (Å²) in [6.07, 6.45) is 4.66. The summed E-state index contributed by atoms with van der Waals surface area (Å²) in [6, 6.07) is 4.94. The molecule has 1 aromatic rings. The van der Waals surface area contributed by atoms with Gasteiger partial charge in [0.05, 0.1) is 36.7 Å². The molecular weight excluding hydrogens is 458 g/mol. The van der Waals surface area contributed by atoms with Crippen molar-refractivity contribution >= 4 is 35.6 Å². The molecule has 3 amide bonds. The number of rotatable bonds is 6. The molecule has 0 spiro atoms. The zero-order valence-corrected chi connectivity index (χ0v) is 20.4. The number of methoxy groups -OCH3 is 1. The fourth-order valence-electron chi connectivity index (χ4n) is 5.60. The van der Waals surface area contributed by atoms with Crippen LogP contribution in [0.3, 0.4) is 0 Å². The zero-order valence-electron chi connectivity index (χ0n) is 19.7. The molecule has 4 atom stereocenters. The fourth-order valence-corrected chi connectivity index (χ4v) is 5.83. The van der Waals surface area contributed by atoms with Gasteiger partial charge in [-0.05, 0) is 61.4 Å². The van der Waals surface area contributed by atoms with Gasteiger partial charge < -0.3 is 14.6 Å². The first kappa shape index (κ1) is 24.5. The molecule has 182 valence electrons. The molecule has 0 bridgehead atoms. The second kappa shape index (κ2) is 9.92. The maximum atomic E-state index is 13.1. The lowest BCUT2D eigenvalue weighted by Gasteiger charge is -2.31. The van der Waals surface area contributed by atoms with Crippen LogP contribution in [-0.4, -0.2) is 47.7 Å². The topological polar surface area (TPSA) is 93.1 Å². The largest absolute Gasteiger partial charge is 0.508 e. The molecule has 1 aromatic carbocycles. The lowest BCUT2D eigenvalue weighted by Crippen LogP contribution is -2.38. The van der Waals surface area contributed by atoms with E-state index in [9.17, 15) is 19.5 Å². The maximum absolute atomic E-state index is 13.1. The number of likely N-dealkylation sites (tertiary alicyclic amines) is 1. The second-order valence-corrected chi connectivity index (χ2v) is 9.47. The molecule has 2 aliphatic heterocycles. The SMILES string of the molecule is CCC1=C2[C@@H](CC/C(=C/c3ccc(O)cc3Cl)CC)OC[C@@H]2[C@@H]2C(=O)N(C(=O)OC)C(=O)[C@@H]2C1. The number of hydrogen-bond acceptors (Lipinski definition) is 6. The van der Waals surface area contributed by atoms with E-state index in [0.29, 0.717) is 23.0 Å². The molecule has 1 N–H and O–H groups in total. The lowest BCUT2D eigenvalue weighted by molar-refractivity contribution is -0.137. The van der Waals surface area contributed by atoms with Gasteiger partial charge in [-0.25, -0.2) is 4.79 Å². The van der Waals surface area contributed by atoms with Gasteiger partial charge in [0.25, 0.3) is 0 Å². The summed E-state index contributed by atoms with van der Waals surface area (Å²) in [5.41, 5.74) is 4.35. The Hall–Kier alpha value is -2.64. The highest BCUT2D eigenvalue weighted by Crippen LogP contribution is 2.50. The quantitative estimate of drug-likeness (QED) is 0.442. The van der Waals surface area contributed by atoms with Crippen LogP contribution in [0.15, 0.2) is 34.9 Å². The van der Waals surface area contributed by atoms with Gasteiger partial charge in [0, 0.05) is 5.92 Å². The maximum Gasteiger partial charge on any atom is 0.423 e. The summed E-state index contributed by atoms with van der Waals surface area (Å²) in [5, 5.41) is 10.1. The Morgan fingerprint density at radius 1 is 1.26 bits per heavy atom. The van der Waals surface area contributed by atoms with Crippen molar-refractivity contribution < 1.29 is 29.0 Å². The Morgan fingerprint density at radius 3 is 2.68 bits per heavy atom. The third kappa shape index (κ3) is 4.27. The van der Waals surface area contributed by atoms with E-state index in [1.807, 2.05) is 6.08 Å². The van der Waals surface area contributed by atoms with Crippen LogP contribution >= 0.6 is 11.6 Å². The molecule has 8 heteroatoms. The van der Waals surface area contributed by atoms with E-state index in [2.05, 4.69) is 18.6 Å². The van der Waals surface area contributed by atoms with Crippen molar-refractivity contribution in [3.05, 3.63) is 45.5 Å². The Kier molecular flexibility index (Phi) is 7.14. The van der Waals surface area contributed by atoms with Crippen LogP contribution in [0.5, 0.6) is 5.75 Å². The highest BCUT2D eigenvalue weighted by atomic mass is 35.5. The molecule has 34 heavy (non-hydrogen) atoms. The van der Waals surface area contributed by atoms with Gasteiger partial charge in [0.15, 0.2) is 0 Å². The van der Waals surface area contributed by atoms with E-state index < -0.39 is 29.7 Å². The predicted octanol–water partition coefficient (Wildman–Crippen LogP) is 5.11. The lowest BCUT2D eigenvalue weighted by atomic mass is 9.69. The average molecular weight is 488 g/mol. The number of carbonyl (C=O) groups excluding carboxylic acids is 3. The molecule has 0 saturated carbocycles. The van der Waals surface area contributed by atoms with Gasteiger partial charge in [-0.3, -0.25) is 9.59 Å². The van der Waals surface area contributed by atoms with E-state index in [0.717, 1.165) is 42.4 Å². The van der Waals surface area contributed by atoms with E-state index in [-0.39, 0.29) is 17.8 Å². The number of allylic oxidation sites excluding steroid dienone is 2. The van der Waals surface area contributed by atoms with E-state index in [1.54, 1.807) is 12.1 Å². The van der Waals surface area contributed by atoms with Crippen molar-refractivity contribution in [1.82, 2.24) is 4.90 Å². The van der Waals surface area contributed by atoms with Crippen LogP contribution in [0.4, 0.5) is 4.79 Å². The van der Waals surface area contributed by atoms with Crippen LogP contribution in [0.1, 0.15) is 51.5 Å². The van der Waals surface area contributed by atoms with Crippen molar-refractivity contribution in [2.45, 2.75) is 52.1 Å². The molecule has 0 radical (unpaired) electrons. The number of nitrogens with zero attached hydrogens (tertiary/aromatic N) is 1. The second-order valence-electron chi connectivity index (χ2n) is 9.06. The molecule has 2 heterocycles. The molecule has 2 fully saturated rings. The summed E-state index contributed by atoms with van der Waals surface area (Å²) in [4.78, 5) is 38.7. The molecule has 7 nitrogen and oxygen atoms in total. The molecule has 2 saturated heterocycles. The number of carbonyl (C=O) groups is 3. The number of imide groups is 3. The first-order valence-electron chi connectivity index (χ1n) is 11.8. The van der Waals surface area contributed by atoms with E-state index in [4.69, 9.17) is 16.3 Å². The molecule has 0 unspecified atom stereocenters. The first-order valence-corrected chi connectivity index (χ1v) is 12.2.